The van der Waals surface area contributed by atoms with Gasteiger partial charge in [-0.3, -0.25) is 0 Å². The maximum Gasteiger partial charge on any atom is 0.328 e. The third kappa shape index (κ3) is 4.64. The molecule has 0 heterocycles. The predicted octanol–water partition coefficient (Wildman–Crippen LogP) is 2.82. The fourth-order valence-electron chi connectivity index (χ4n) is 1.14. The van der Waals surface area contributed by atoms with E-state index in [0.29, 0.717) is 12.5 Å². The minimum Gasteiger partial charge on any atom is -0.493 e. The Morgan fingerprint density at radius 2 is 2.25 bits per heavy atom. The molecule has 0 aliphatic heterocycles. The summed E-state index contributed by atoms with van der Waals surface area (Å²) in [6.07, 6.45) is 2.66. The second kappa shape index (κ2) is 5.95. The van der Waals surface area contributed by atoms with E-state index in [-0.39, 0.29) is 0 Å². The molecule has 0 spiro atoms. The van der Waals surface area contributed by atoms with Gasteiger partial charge in [-0.05, 0) is 29.7 Å². The molecule has 3 heteroatoms. The lowest BCUT2D eigenvalue weighted by atomic mass is 10.2. The van der Waals surface area contributed by atoms with E-state index in [0.717, 1.165) is 17.4 Å². The van der Waals surface area contributed by atoms with Gasteiger partial charge in [-0.1, -0.05) is 26.0 Å². The number of ether oxygens (including phenoxy) is 1. The molecule has 0 unspecified atom stereocenters. The van der Waals surface area contributed by atoms with E-state index in [1.165, 1.54) is 0 Å². The maximum atomic E-state index is 10.4. The van der Waals surface area contributed by atoms with Crippen LogP contribution in [0.3, 0.4) is 0 Å². The first kappa shape index (κ1) is 12.3. The van der Waals surface area contributed by atoms with Crippen molar-refractivity contribution in [3.8, 4) is 5.75 Å². The second-order valence-electron chi connectivity index (χ2n) is 3.95. The first-order valence-corrected chi connectivity index (χ1v) is 5.22. The Bertz CT molecular complexity index is 381. The fraction of sp³-hybridized carbons (Fsp3) is 0.308. The molecule has 1 aromatic rings. The van der Waals surface area contributed by atoms with Crippen LogP contribution in [0.1, 0.15) is 19.4 Å². The van der Waals surface area contributed by atoms with Crippen LogP contribution >= 0.6 is 0 Å². The maximum absolute atomic E-state index is 10.4. The molecule has 1 N–H and O–H groups in total. The Labute approximate surface area is 95.4 Å². The van der Waals surface area contributed by atoms with Crippen molar-refractivity contribution in [3.63, 3.8) is 0 Å². The SMILES string of the molecule is CC(C)COc1cccc(C=CC(=O)O)c1. The zero-order valence-electron chi connectivity index (χ0n) is 9.51. The molecule has 0 bridgehead atoms. The molecule has 0 amide bonds. The van der Waals surface area contributed by atoms with Crippen LogP contribution in [0.15, 0.2) is 30.3 Å². The molecule has 1 rings (SSSR count). The van der Waals surface area contributed by atoms with Crippen LogP contribution in [-0.2, 0) is 4.79 Å². The highest BCUT2D eigenvalue weighted by Crippen LogP contribution is 2.15. The lowest BCUT2D eigenvalue weighted by molar-refractivity contribution is -0.131. The first-order valence-electron chi connectivity index (χ1n) is 5.22. The number of aliphatic carboxylic acids is 1. The summed E-state index contributed by atoms with van der Waals surface area (Å²) in [6, 6.07) is 7.36. The predicted molar refractivity (Wildman–Crippen MR) is 63.4 cm³/mol. The summed E-state index contributed by atoms with van der Waals surface area (Å²) >= 11 is 0. The van der Waals surface area contributed by atoms with Gasteiger partial charge in [0.2, 0.25) is 0 Å². The van der Waals surface area contributed by atoms with Crippen molar-refractivity contribution < 1.29 is 14.6 Å². The quantitative estimate of drug-likeness (QED) is 0.776. The van der Waals surface area contributed by atoms with Crippen molar-refractivity contribution in [1.82, 2.24) is 0 Å². The minimum absolute atomic E-state index is 0.471. The van der Waals surface area contributed by atoms with E-state index in [2.05, 4.69) is 13.8 Å². The van der Waals surface area contributed by atoms with E-state index in [1.54, 1.807) is 6.08 Å². The van der Waals surface area contributed by atoms with Gasteiger partial charge in [0.15, 0.2) is 0 Å². The molecule has 86 valence electrons. The number of rotatable bonds is 5. The Kier molecular flexibility index (Phi) is 4.58. The van der Waals surface area contributed by atoms with Gasteiger partial charge in [0.25, 0.3) is 0 Å². The molecule has 16 heavy (non-hydrogen) atoms. The normalized spacial score (nSPS) is 10.9. The number of hydrogen-bond donors (Lipinski definition) is 1. The molecule has 0 saturated heterocycles. The van der Waals surface area contributed by atoms with Crippen LogP contribution in [0, 0.1) is 5.92 Å². The topological polar surface area (TPSA) is 46.5 Å². The van der Waals surface area contributed by atoms with Crippen LogP contribution < -0.4 is 4.74 Å². The van der Waals surface area contributed by atoms with Crippen LogP contribution in [0.5, 0.6) is 5.75 Å². The van der Waals surface area contributed by atoms with Gasteiger partial charge in [0.1, 0.15) is 5.75 Å². The largest absolute Gasteiger partial charge is 0.493 e. The van der Waals surface area contributed by atoms with Gasteiger partial charge in [-0.15, -0.1) is 0 Å². The highest BCUT2D eigenvalue weighted by molar-refractivity contribution is 5.85. The fourth-order valence-corrected chi connectivity index (χ4v) is 1.14. The Morgan fingerprint density at radius 1 is 1.50 bits per heavy atom. The Morgan fingerprint density at radius 3 is 2.88 bits per heavy atom. The number of carbonyl (C=O) groups is 1. The number of hydrogen-bond acceptors (Lipinski definition) is 2. The minimum atomic E-state index is -0.950. The number of carboxylic acids is 1. The van der Waals surface area contributed by atoms with Crippen LogP contribution in [-0.4, -0.2) is 17.7 Å². The van der Waals surface area contributed by atoms with Crippen molar-refractivity contribution in [1.29, 1.82) is 0 Å². The van der Waals surface area contributed by atoms with E-state index in [1.807, 2.05) is 24.3 Å². The highest BCUT2D eigenvalue weighted by atomic mass is 16.5. The van der Waals surface area contributed by atoms with Gasteiger partial charge < -0.3 is 9.84 Å². The molecule has 0 radical (unpaired) electrons. The average Bonchev–Trinajstić information content (AvgIpc) is 2.24. The van der Waals surface area contributed by atoms with Gasteiger partial charge >= 0.3 is 5.97 Å². The summed E-state index contributed by atoms with van der Waals surface area (Å²) in [5.74, 6) is 0.285. The lowest BCUT2D eigenvalue weighted by Crippen LogP contribution is -2.04. The van der Waals surface area contributed by atoms with Crippen LogP contribution in [0.2, 0.25) is 0 Å². The molecule has 0 aliphatic carbocycles. The van der Waals surface area contributed by atoms with Gasteiger partial charge in [0.05, 0.1) is 6.61 Å². The number of benzene rings is 1. The smallest absolute Gasteiger partial charge is 0.328 e. The highest BCUT2D eigenvalue weighted by Gasteiger charge is 1.97. The zero-order chi connectivity index (χ0) is 12.0. The third-order valence-corrected chi connectivity index (χ3v) is 1.86. The van der Waals surface area contributed by atoms with Gasteiger partial charge in [-0.25, -0.2) is 4.79 Å². The molecule has 0 atom stereocenters. The molecule has 1 aromatic carbocycles. The summed E-state index contributed by atoms with van der Waals surface area (Å²) in [5, 5.41) is 8.50. The lowest BCUT2D eigenvalue weighted by Gasteiger charge is -2.08. The molecular formula is C13H16O3. The van der Waals surface area contributed by atoms with Crippen molar-refractivity contribution >= 4 is 12.0 Å². The van der Waals surface area contributed by atoms with Crippen LogP contribution in [0.4, 0.5) is 0 Å². The summed E-state index contributed by atoms with van der Waals surface area (Å²) in [5.41, 5.74) is 0.823. The van der Waals surface area contributed by atoms with Crippen molar-refractivity contribution in [2.45, 2.75) is 13.8 Å². The standard InChI is InChI=1S/C13H16O3/c1-10(2)9-16-12-5-3-4-11(8-12)6-7-13(14)15/h3-8,10H,9H2,1-2H3,(H,14,15). The molecular weight excluding hydrogens is 204 g/mol. The summed E-state index contributed by atoms with van der Waals surface area (Å²) in [4.78, 5) is 10.4. The molecule has 0 saturated carbocycles. The van der Waals surface area contributed by atoms with Crippen LogP contribution in [0.25, 0.3) is 6.08 Å². The zero-order valence-corrected chi connectivity index (χ0v) is 9.51. The second-order valence-corrected chi connectivity index (χ2v) is 3.95. The monoisotopic (exact) mass is 220 g/mol. The number of carboxylic acid groups (broad SMARTS) is 1. The Hall–Kier alpha value is -1.77. The average molecular weight is 220 g/mol. The van der Waals surface area contributed by atoms with E-state index >= 15 is 0 Å². The summed E-state index contributed by atoms with van der Waals surface area (Å²) < 4.78 is 5.53. The summed E-state index contributed by atoms with van der Waals surface area (Å²) in [7, 11) is 0. The van der Waals surface area contributed by atoms with Crippen molar-refractivity contribution in [2.24, 2.45) is 5.92 Å². The molecule has 0 aromatic heterocycles. The van der Waals surface area contributed by atoms with Gasteiger partial charge in [0, 0.05) is 6.08 Å². The van der Waals surface area contributed by atoms with E-state index < -0.39 is 5.97 Å². The van der Waals surface area contributed by atoms with Crippen molar-refractivity contribution in [3.05, 3.63) is 35.9 Å². The molecule has 0 fully saturated rings. The Balaban J connectivity index is 2.67. The van der Waals surface area contributed by atoms with Crippen molar-refractivity contribution in [2.75, 3.05) is 6.61 Å². The molecule has 0 aliphatic rings. The first-order chi connectivity index (χ1) is 7.58. The van der Waals surface area contributed by atoms with E-state index in [9.17, 15) is 4.79 Å². The third-order valence-electron chi connectivity index (χ3n) is 1.86. The van der Waals surface area contributed by atoms with Gasteiger partial charge in [-0.2, -0.15) is 0 Å². The summed E-state index contributed by atoms with van der Waals surface area (Å²) in [6.45, 7) is 4.81. The molecule has 3 nitrogen and oxygen atoms in total. The van der Waals surface area contributed by atoms with E-state index in [4.69, 9.17) is 9.84 Å².